The lowest BCUT2D eigenvalue weighted by molar-refractivity contribution is -0.151. The van der Waals surface area contributed by atoms with Crippen LogP contribution in [0.2, 0.25) is 10.0 Å². The molecule has 0 spiro atoms. The molecule has 2 aromatic heterocycles. The lowest BCUT2D eigenvalue weighted by Crippen LogP contribution is -2.26. The van der Waals surface area contributed by atoms with Crippen LogP contribution in [0.4, 0.5) is 57.1 Å². The average molecular weight is 736 g/mol. The van der Waals surface area contributed by atoms with Crippen LogP contribution >= 0.6 is 23.2 Å². The van der Waals surface area contributed by atoms with E-state index in [0.717, 1.165) is 24.3 Å². The highest BCUT2D eigenvalue weighted by atomic mass is 35.5. The van der Waals surface area contributed by atoms with E-state index in [4.69, 9.17) is 23.2 Å². The van der Waals surface area contributed by atoms with Crippen LogP contribution in [-0.2, 0) is 31.6 Å². The topological polar surface area (TPSA) is 48.0 Å². The SMILES string of the molecule is Fc1cccc(F)c1C/N=c1\c2c(C(F)(F)F)nc(C(F)(F)F)nc2n(Cc2c(F)cccc2F)n1-c1c(Cl)cc(C(F)(F)F)cc1Cl. The molecule has 0 atom stereocenters. The van der Waals surface area contributed by atoms with Crippen LogP contribution in [0.15, 0.2) is 53.5 Å². The second-order valence-corrected chi connectivity index (χ2v) is 10.6. The summed E-state index contributed by atoms with van der Waals surface area (Å²) in [6.45, 7) is -2.49. The summed E-state index contributed by atoms with van der Waals surface area (Å²) in [7, 11) is 0. The summed E-state index contributed by atoms with van der Waals surface area (Å²) >= 11 is 12.3. The van der Waals surface area contributed by atoms with Gasteiger partial charge in [0.1, 0.15) is 29.0 Å². The van der Waals surface area contributed by atoms with E-state index < -0.39 is 115 Å². The number of alkyl halides is 9. The van der Waals surface area contributed by atoms with Crippen LogP contribution in [0, 0.1) is 23.3 Å². The fraction of sp³-hybridized carbons (Fsp3) is 0.179. The zero-order valence-corrected chi connectivity index (χ0v) is 24.5. The van der Waals surface area contributed by atoms with Crippen molar-refractivity contribution < 1.29 is 57.1 Å². The third-order valence-corrected chi connectivity index (χ3v) is 7.27. The van der Waals surface area contributed by atoms with Gasteiger partial charge in [0.15, 0.2) is 16.8 Å². The highest BCUT2D eigenvalue weighted by Gasteiger charge is 2.43. The first-order valence-corrected chi connectivity index (χ1v) is 13.6. The Hall–Kier alpha value is -4.32. The number of hydrogen-bond acceptors (Lipinski definition) is 3. The molecular formula is C28H12Cl2F13N5. The van der Waals surface area contributed by atoms with Crippen molar-refractivity contribution in [2.75, 3.05) is 0 Å². The molecule has 0 unspecified atom stereocenters. The van der Waals surface area contributed by atoms with E-state index in [9.17, 15) is 57.1 Å². The van der Waals surface area contributed by atoms with Gasteiger partial charge in [0.05, 0.1) is 34.1 Å². The summed E-state index contributed by atoms with van der Waals surface area (Å²) in [5.41, 5.74) is -9.11. The van der Waals surface area contributed by atoms with Crippen molar-refractivity contribution in [2.24, 2.45) is 4.99 Å². The lowest BCUT2D eigenvalue weighted by atomic mass is 10.2. The fourth-order valence-electron chi connectivity index (χ4n) is 4.61. The molecule has 0 N–H and O–H groups in total. The predicted octanol–water partition coefficient (Wildman–Crippen LogP) is 9.29. The second kappa shape index (κ2) is 12.3. The number of aromatic nitrogens is 4. The number of rotatable bonds is 5. The van der Waals surface area contributed by atoms with Gasteiger partial charge in [-0.2, -0.15) is 39.5 Å². The number of nitrogens with zero attached hydrogens (tertiary/aromatic N) is 5. The molecule has 2 heterocycles. The third-order valence-electron chi connectivity index (χ3n) is 6.70. The summed E-state index contributed by atoms with van der Waals surface area (Å²) in [5, 5.41) is -3.41. The molecule has 5 nitrogen and oxygen atoms in total. The van der Waals surface area contributed by atoms with Crippen LogP contribution in [-0.4, -0.2) is 19.3 Å². The van der Waals surface area contributed by atoms with Gasteiger partial charge in [-0.25, -0.2) is 32.2 Å². The Bertz CT molecular complexity index is 2070. The van der Waals surface area contributed by atoms with Gasteiger partial charge >= 0.3 is 18.5 Å². The quantitative estimate of drug-likeness (QED) is 0.169. The Kier molecular flexibility index (Phi) is 8.96. The number of halogens is 15. The Morgan fingerprint density at radius 1 is 0.667 bits per heavy atom. The minimum atomic E-state index is -5.75. The molecule has 5 rings (SSSR count). The van der Waals surface area contributed by atoms with Crippen molar-refractivity contribution >= 4 is 34.2 Å². The Morgan fingerprint density at radius 2 is 1.17 bits per heavy atom. The van der Waals surface area contributed by atoms with Crippen molar-refractivity contribution in [1.82, 2.24) is 19.3 Å². The summed E-state index contributed by atoms with van der Waals surface area (Å²) in [6.07, 6.45) is -16.5. The van der Waals surface area contributed by atoms with Crippen LogP contribution in [0.1, 0.15) is 28.2 Å². The smallest absolute Gasteiger partial charge is 0.261 e. The lowest BCUT2D eigenvalue weighted by Gasteiger charge is -2.18. The molecule has 0 aliphatic heterocycles. The second-order valence-electron chi connectivity index (χ2n) is 9.79. The standard InChI is InChI=1S/C28H12Cl2F13N5/c29-14-7-11(26(35,36)37)8-15(30)21(14)48-23(44-9-12-16(31)3-1-4-17(12)32)20-22(27(38,39)40)45-25(28(41,42)43)46-24(20)47(48)10-13-18(33)5-2-6-19(13)34/h1-8H,9-10H2/b44-23+. The van der Waals surface area contributed by atoms with Gasteiger partial charge in [0.2, 0.25) is 5.82 Å². The molecule has 0 fully saturated rings. The molecule has 0 aliphatic rings. The molecule has 0 saturated carbocycles. The Balaban J connectivity index is 2.05. The molecule has 3 aromatic carbocycles. The van der Waals surface area contributed by atoms with Gasteiger partial charge in [-0.3, -0.25) is 9.67 Å². The average Bonchev–Trinajstić information content (AvgIpc) is 3.25. The molecule has 0 amide bonds. The minimum Gasteiger partial charge on any atom is -0.261 e. The van der Waals surface area contributed by atoms with Crippen LogP contribution in [0.5, 0.6) is 0 Å². The van der Waals surface area contributed by atoms with Crippen LogP contribution in [0.25, 0.3) is 16.7 Å². The predicted molar refractivity (Wildman–Crippen MR) is 143 cm³/mol. The van der Waals surface area contributed by atoms with Gasteiger partial charge in [0.25, 0.3) is 0 Å². The number of fused-ring (bicyclic) bond motifs is 1. The van der Waals surface area contributed by atoms with Gasteiger partial charge in [-0.05, 0) is 36.4 Å². The first-order valence-electron chi connectivity index (χ1n) is 12.8. The summed E-state index contributed by atoms with van der Waals surface area (Å²) in [4.78, 5) is 9.60. The van der Waals surface area contributed by atoms with E-state index in [1.165, 1.54) is 0 Å². The van der Waals surface area contributed by atoms with Gasteiger partial charge in [-0.15, -0.1) is 0 Å². The largest absolute Gasteiger partial charge is 0.451 e. The monoisotopic (exact) mass is 735 g/mol. The molecule has 48 heavy (non-hydrogen) atoms. The highest BCUT2D eigenvalue weighted by Crippen LogP contribution is 2.40. The normalized spacial score (nSPS) is 13.2. The zero-order chi connectivity index (χ0) is 35.5. The number of hydrogen-bond donors (Lipinski definition) is 0. The highest BCUT2D eigenvalue weighted by molar-refractivity contribution is 6.37. The van der Waals surface area contributed by atoms with E-state index in [1.54, 1.807) is 0 Å². The molecule has 254 valence electrons. The van der Waals surface area contributed by atoms with Crippen LogP contribution < -0.4 is 5.49 Å². The molecular weight excluding hydrogens is 724 g/mol. The van der Waals surface area contributed by atoms with E-state index >= 15 is 0 Å². The summed E-state index contributed by atoms with van der Waals surface area (Å²) in [5.74, 6) is -7.64. The zero-order valence-electron chi connectivity index (χ0n) is 22.9. The maximum absolute atomic E-state index is 14.9. The summed E-state index contributed by atoms with van der Waals surface area (Å²) < 4.78 is 185. The van der Waals surface area contributed by atoms with Gasteiger partial charge < -0.3 is 0 Å². The first-order chi connectivity index (χ1) is 22.2. The molecule has 0 bridgehead atoms. The van der Waals surface area contributed by atoms with Gasteiger partial charge in [0, 0.05) is 11.1 Å². The maximum atomic E-state index is 14.9. The van der Waals surface area contributed by atoms with E-state index in [-0.39, 0.29) is 16.8 Å². The third kappa shape index (κ3) is 6.54. The molecule has 0 saturated heterocycles. The molecule has 0 aliphatic carbocycles. The fourth-order valence-corrected chi connectivity index (χ4v) is 5.26. The van der Waals surface area contributed by atoms with E-state index in [1.807, 2.05) is 0 Å². The van der Waals surface area contributed by atoms with E-state index in [0.29, 0.717) is 16.8 Å². The molecule has 0 radical (unpaired) electrons. The van der Waals surface area contributed by atoms with Gasteiger partial charge in [-0.1, -0.05) is 35.3 Å². The molecule has 5 aromatic rings. The Labute approximate surface area is 268 Å². The molecule has 20 heteroatoms. The van der Waals surface area contributed by atoms with Crippen molar-refractivity contribution in [3.05, 3.63) is 116 Å². The minimum absolute atomic E-state index is 0.249. The van der Waals surface area contributed by atoms with Crippen LogP contribution in [0.3, 0.4) is 0 Å². The van der Waals surface area contributed by atoms with E-state index in [2.05, 4.69) is 15.0 Å². The summed E-state index contributed by atoms with van der Waals surface area (Å²) in [6, 6.07) is 5.18. The van der Waals surface area contributed by atoms with Crippen molar-refractivity contribution in [3.8, 4) is 5.69 Å². The maximum Gasteiger partial charge on any atom is 0.451 e. The van der Waals surface area contributed by atoms with Crippen molar-refractivity contribution in [3.63, 3.8) is 0 Å². The number of benzene rings is 3. The Morgan fingerprint density at radius 3 is 1.62 bits per heavy atom. The van der Waals surface area contributed by atoms with Crippen molar-refractivity contribution in [1.29, 1.82) is 0 Å². The first kappa shape index (κ1) is 35.0. The van der Waals surface area contributed by atoms with Crippen molar-refractivity contribution in [2.45, 2.75) is 31.6 Å².